The second-order valence-electron chi connectivity index (χ2n) is 4.60. The summed E-state index contributed by atoms with van der Waals surface area (Å²) in [5.41, 5.74) is 3.73. The van der Waals surface area contributed by atoms with E-state index in [0.29, 0.717) is 0 Å². The van der Waals surface area contributed by atoms with Gasteiger partial charge in [0.2, 0.25) is 5.91 Å². The molecule has 1 amide bonds. The number of hydrogen-bond donors (Lipinski definition) is 1. The molecule has 1 heterocycles. The van der Waals surface area contributed by atoms with Crippen molar-refractivity contribution in [2.75, 3.05) is 25.0 Å². The van der Waals surface area contributed by atoms with Gasteiger partial charge in [-0.15, -0.1) is 0 Å². The third kappa shape index (κ3) is 3.07. The Balaban J connectivity index is 2.16. The number of likely N-dealkylation sites (N-methyl/N-ethyl adjacent to an activating group) is 1. The van der Waals surface area contributed by atoms with E-state index in [-0.39, 0.29) is 5.91 Å². The van der Waals surface area contributed by atoms with E-state index in [1.807, 2.05) is 6.07 Å². The summed E-state index contributed by atoms with van der Waals surface area (Å²) >= 11 is 0. The van der Waals surface area contributed by atoms with Crippen LogP contribution in [0.3, 0.4) is 0 Å². The van der Waals surface area contributed by atoms with Crippen molar-refractivity contribution >= 4 is 11.6 Å². The summed E-state index contributed by atoms with van der Waals surface area (Å²) in [5.74, 6) is -0.00578. The molecule has 17 heavy (non-hydrogen) atoms. The highest BCUT2D eigenvalue weighted by Gasteiger charge is 2.12. The zero-order valence-electron chi connectivity index (χ0n) is 10.6. The second-order valence-corrected chi connectivity index (χ2v) is 4.60. The maximum absolute atomic E-state index is 11.0. The van der Waals surface area contributed by atoms with E-state index >= 15 is 0 Å². The van der Waals surface area contributed by atoms with Gasteiger partial charge < -0.3 is 10.2 Å². The van der Waals surface area contributed by atoms with Crippen molar-refractivity contribution in [2.45, 2.75) is 26.7 Å². The lowest BCUT2D eigenvalue weighted by atomic mass is 10.0. The van der Waals surface area contributed by atoms with Crippen molar-refractivity contribution in [3.63, 3.8) is 0 Å². The Hall–Kier alpha value is -1.35. The van der Waals surface area contributed by atoms with E-state index in [2.05, 4.69) is 29.3 Å². The van der Waals surface area contributed by atoms with Crippen LogP contribution in [-0.4, -0.2) is 30.4 Å². The fourth-order valence-corrected chi connectivity index (χ4v) is 2.37. The first-order valence-corrected chi connectivity index (χ1v) is 6.31. The minimum absolute atomic E-state index is 0.00578. The fraction of sp³-hybridized carbons (Fsp3) is 0.500. The van der Waals surface area contributed by atoms with Crippen LogP contribution in [0.15, 0.2) is 18.2 Å². The monoisotopic (exact) mass is 232 g/mol. The number of carbonyl (C=O) groups excluding carboxylic acids is 1. The lowest BCUT2D eigenvalue weighted by Crippen LogP contribution is -2.25. The molecule has 0 aliphatic carbocycles. The number of hydrogen-bond acceptors (Lipinski definition) is 2. The number of nitrogens with one attached hydrogen (secondary N) is 1. The van der Waals surface area contributed by atoms with Gasteiger partial charge in [0.15, 0.2) is 0 Å². The van der Waals surface area contributed by atoms with E-state index in [4.69, 9.17) is 0 Å². The van der Waals surface area contributed by atoms with Gasteiger partial charge in [0.25, 0.3) is 0 Å². The van der Waals surface area contributed by atoms with Crippen molar-refractivity contribution in [2.24, 2.45) is 0 Å². The molecule has 1 N–H and O–H groups in total. The Labute approximate surface area is 103 Å². The van der Waals surface area contributed by atoms with Gasteiger partial charge in [0.05, 0.1) is 0 Å². The molecule has 0 unspecified atom stereocenters. The molecule has 0 aromatic heterocycles. The lowest BCUT2D eigenvalue weighted by Gasteiger charge is -2.16. The fourth-order valence-electron chi connectivity index (χ4n) is 2.37. The zero-order chi connectivity index (χ0) is 12.3. The summed E-state index contributed by atoms with van der Waals surface area (Å²) in [6, 6.07) is 6.28. The highest BCUT2D eigenvalue weighted by Crippen LogP contribution is 2.20. The van der Waals surface area contributed by atoms with E-state index in [1.165, 1.54) is 11.1 Å². The highest BCUT2D eigenvalue weighted by atomic mass is 16.1. The van der Waals surface area contributed by atoms with E-state index < -0.39 is 0 Å². The molecule has 3 heteroatoms. The number of benzene rings is 1. The lowest BCUT2D eigenvalue weighted by molar-refractivity contribution is -0.114. The van der Waals surface area contributed by atoms with E-state index in [1.54, 1.807) is 6.92 Å². The molecule has 3 nitrogen and oxygen atoms in total. The van der Waals surface area contributed by atoms with Gasteiger partial charge >= 0.3 is 0 Å². The normalized spacial score (nSPS) is 16.1. The molecule has 0 saturated carbocycles. The van der Waals surface area contributed by atoms with Crippen molar-refractivity contribution < 1.29 is 4.79 Å². The van der Waals surface area contributed by atoms with Crippen molar-refractivity contribution in [1.82, 2.24) is 4.90 Å². The SMILES string of the molecule is CCN1CCc2ccc(NC(C)=O)cc2CC1. The van der Waals surface area contributed by atoms with Gasteiger partial charge in [-0.05, 0) is 42.6 Å². The Morgan fingerprint density at radius 2 is 2.00 bits per heavy atom. The van der Waals surface area contributed by atoms with Gasteiger partial charge in [-0.25, -0.2) is 0 Å². The summed E-state index contributed by atoms with van der Waals surface area (Å²) in [7, 11) is 0. The number of carbonyl (C=O) groups is 1. The zero-order valence-corrected chi connectivity index (χ0v) is 10.6. The Morgan fingerprint density at radius 1 is 1.29 bits per heavy atom. The minimum Gasteiger partial charge on any atom is -0.326 e. The van der Waals surface area contributed by atoms with Crippen LogP contribution < -0.4 is 5.32 Å². The van der Waals surface area contributed by atoms with Gasteiger partial charge in [0, 0.05) is 25.7 Å². The van der Waals surface area contributed by atoms with Crippen LogP contribution in [0.1, 0.15) is 25.0 Å². The Kier molecular flexibility index (Phi) is 3.79. The Bertz CT molecular complexity index is 415. The first kappa shape index (κ1) is 12.1. The second kappa shape index (κ2) is 5.32. The molecule has 2 rings (SSSR count). The average molecular weight is 232 g/mol. The predicted octanol–water partition coefficient (Wildman–Crippen LogP) is 2.07. The summed E-state index contributed by atoms with van der Waals surface area (Å²) in [5, 5.41) is 2.85. The van der Waals surface area contributed by atoms with Crippen LogP contribution in [0.5, 0.6) is 0 Å². The van der Waals surface area contributed by atoms with Crippen molar-refractivity contribution in [3.8, 4) is 0 Å². The van der Waals surface area contributed by atoms with Crippen LogP contribution in [0.2, 0.25) is 0 Å². The molecular formula is C14H20N2O. The number of rotatable bonds is 2. The third-order valence-electron chi connectivity index (χ3n) is 3.37. The molecule has 0 atom stereocenters. The molecule has 1 aromatic rings. The number of amides is 1. The van der Waals surface area contributed by atoms with Crippen LogP contribution in [0.4, 0.5) is 5.69 Å². The highest BCUT2D eigenvalue weighted by molar-refractivity contribution is 5.88. The van der Waals surface area contributed by atoms with Crippen molar-refractivity contribution in [3.05, 3.63) is 29.3 Å². The van der Waals surface area contributed by atoms with Crippen LogP contribution in [0.25, 0.3) is 0 Å². The number of nitrogens with zero attached hydrogens (tertiary/aromatic N) is 1. The standard InChI is InChI=1S/C14H20N2O/c1-3-16-8-6-12-4-5-14(15-11(2)17)10-13(12)7-9-16/h4-5,10H,3,6-9H2,1-2H3,(H,15,17). The van der Waals surface area contributed by atoms with Gasteiger partial charge in [-0.2, -0.15) is 0 Å². The molecule has 1 aliphatic rings. The molecule has 0 radical (unpaired) electrons. The van der Waals surface area contributed by atoms with Gasteiger partial charge in [-0.3, -0.25) is 4.79 Å². The predicted molar refractivity (Wildman–Crippen MR) is 70.3 cm³/mol. The minimum atomic E-state index is -0.00578. The molecule has 92 valence electrons. The summed E-state index contributed by atoms with van der Waals surface area (Å²) < 4.78 is 0. The molecule has 1 aliphatic heterocycles. The van der Waals surface area contributed by atoms with Crippen LogP contribution >= 0.6 is 0 Å². The molecule has 0 bridgehead atoms. The molecule has 0 fully saturated rings. The Morgan fingerprint density at radius 3 is 2.65 bits per heavy atom. The van der Waals surface area contributed by atoms with E-state index in [9.17, 15) is 4.79 Å². The van der Waals surface area contributed by atoms with Gasteiger partial charge in [0.1, 0.15) is 0 Å². The molecule has 0 spiro atoms. The maximum atomic E-state index is 11.0. The summed E-state index contributed by atoms with van der Waals surface area (Å²) in [6.45, 7) is 7.13. The topological polar surface area (TPSA) is 32.3 Å². The molecule has 1 aromatic carbocycles. The van der Waals surface area contributed by atoms with Crippen LogP contribution in [0, 0.1) is 0 Å². The van der Waals surface area contributed by atoms with Crippen molar-refractivity contribution in [1.29, 1.82) is 0 Å². The quantitative estimate of drug-likeness (QED) is 0.846. The third-order valence-corrected chi connectivity index (χ3v) is 3.37. The smallest absolute Gasteiger partial charge is 0.221 e. The molecule has 0 saturated heterocycles. The van der Waals surface area contributed by atoms with Gasteiger partial charge in [-0.1, -0.05) is 13.0 Å². The number of anilines is 1. The summed E-state index contributed by atoms with van der Waals surface area (Å²) in [6.07, 6.45) is 2.19. The summed E-state index contributed by atoms with van der Waals surface area (Å²) in [4.78, 5) is 13.5. The first-order chi connectivity index (χ1) is 8.19. The van der Waals surface area contributed by atoms with Crippen LogP contribution in [-0.2, 0) is 17.6 Å². The average Bonchev–Trinajstić information content (AvgIpc) is 2.50. The largest absolute Gasteiger partial charge is 0.326 e. The number of fused-ring (bicyclic) bond motifs is 1. The van der Waals surface area contributed by atoms with E-state index in [0.717, 1.165) is 38.2 Å². The maximum Gasteiger partial charge on any atom is 0.221 e. The molecular weight excluding hydrogens is 212 g/mol. The first-order valence-electron chi connectivity index (χ1n) is 6.31.